The fourth-order valence-electron chi connectivity index (χ4n) is 4.98. The van der Waals surface area contributed by atoms with E-state index in [0.717, 1.165) is 69.1 Å². The number of hydrogen-bond donors (Lipinski definition) is 2. The summed E-state index contributed by atoms with van der Waals surface area (Å²) in [5.74, 6) is 1.88. The van der Waals surface area contributed by atoms with Gasteiger partial charge in [-0.25, -0.2) is 9.97 Å². The summed E-state index contributed by atoms with van der Waals surface area (Å²) in [6, 6.07) is 6.12. The molecule has 0 aromatic carbocycles. The number of nitrogens with two attached hydrogens (primary N) is 1. The van der Waals surface area contributed by atoms with E-state index in [2.05, 4.69) is 27.3 Å². The largest absolute Gasteiger partial charge is 0.368 e. The van der Waals surface area contributed by atoms with Crippen molar-refractivity contribution >= 4 is 11.7 Å². The monoisotopic (exact) mass is 392 g/mol. The molecule has 1 atom stereocenters. The van der Waals surface area contributed by atoms with Gasteiger partial charge in [0.1, 0.15) is 11.6 Å². The summed E-state index contributed by atoms with van der Waals surface area (Å²) >= 11 is 0. The molecule has 3 heterocycles. The molecule has 7 nitrogen and oxygen atoms in total. The molecule has 1 unspecified atom stereocenters. The Bertz CT molecular complexity index is 913. The maximum atomic E-state index is 11.3. The Labute approximate surface area is 171 Å². The van der Waals surface area contributed by atoms with Crippen LogP contribution >= 0.6 is 0 Å². The number of nitrogens with zero attached hydrogens (tertiary/aromatic N) is 4. The molecule has 1 aliphatic heterocycles. The summed E-state index contributed by atoms with van der Waals surface area (Å²) in [5, 5.41) is 3.19. The van der Waals surface area contributed by atoms with Gasteiger partial charge in [-0.1, -0.05) is 6.07 Å². The Kier molecular flexibility index (Phi) is 4.70. The van der Waals surface area contributed by atoms with Gasteiger partial charge in [0.05, 0.1) is 17.9 Å². The number of piperidine rings is 1. The van der Waals surface area contributed by atoms with Crippen molar-refractivity contribution < 1.29 is 4.79 Å². The van der Waals surface area contributed by atoms with Crippen LogP contribution in [-0.2, 0) is 23.2 Å². The van der Waals surface area contributed by atoms with Crippen molar-refractivity contribution in [2.24, 2.45) is 5.73 Å². The Balaban J connectivity index is 1.44. The number of amides is 1. The zero-order valence-electron chi connectivity index (χ0n) is 16.7. The third kappa shape index (κ3) is 3.71. The fourth-order valence-corrected chi connectivity index (χ4v) is 4.98. The van der Waals surface area contributed by atoms with Crippen LogP contribution in [0.15, 0.2) is 24.4 Å². The molecule has 0 radical (unpaired) electrons. The van der Waals surface area contributed by atoms with Gasteiger partial charge in [-0.05, 0) is 57.2 Å². The van der Waals surface area contributed by atoms with Crippen molar-refractivity contribution in [3.63, 3.8) is 0 Å². The van der Waals surface area contributed by atoms with Crippen LogP contribution in [-0.4, -0.2) is 45.4 Å². The van der Waals surface area contributed by atoms with Crippen LogP contribution in [0.2, 0.25) is 0 Å². The van der Waals surface area contributed by atoms with Crippen molar-refractivity contribution in [3.8, 4) is 0 Å². The third-order valence-corrected chi connectivity index (χ3v) is 6.52. The normalized spacial score (nSPS) is 23.9. The third-order valence-electron chi connectivity index (χ3n) is 6.52. The van der Waals surface area contributed by atoms with Gasteiger partial charge in [-0.15, -0.1) is 0 Å². The van der Waals surface area contributed by atoms with E-state index >= 15 is 0 Å². The second-order valence-electron chi connectivity index (χ2n) is 8.77. The number of carbonyl (C=O) groups excluding carboxylic acids is 1. The van der Waals surface area contributed by atoms with Gasteiger partial charge in [-0.3, -0.25) is 14.7 Å². The molecule has 5 rings (SSSR count). The van der Waals surface area contributed by atoms with E-state index in [9.17, 15) is 4.79 Å². The van der Waals surface area contributed by atoms with Gasteiger partial charge in [0.15, 0.2) is 0 Å². The molecule has 1 spiro atoms. The smallest absolute Gasteiger partial charge is 0.236 e. The summed E-state index contributed by atoms with van der Waals surface area (Å²) in [5.41, 5.74) is 8.97. The number of aromatic nitrogens is 3. The van der Waals surface area contributed by atoms with Crippen LogP contribution in [0.5, 0.6) is 0 Å². The number of fused-ring (bicyclic) bond motifs is 2. The highest BCUT2D eigenvalue weighted by atomic mass is 16.1. The summed E-state index contributed by atoms with van der Waals surface area (Å²) < 4.78 is 0. The fraction of sp³-hybridized carbons (Fsp3) is 0.545. The first-order chi connectivity index (χ1) is 14.1. The number of carbonyl (C=O) groups is 1. The molecule has 7 heteroatoms. The average Bonchev–Trinajstić information content (AvgIpc) is 3.52. The minimum Gasteiger partial charge on any atom is -0.368 e. The lowest BCUT2D eigenvalue weighted by Crippen LogP contribution is -2.45. The van der Waals surface area contributed by atoms with Crippen molar-refractivity contribution in [2.45, 2.75) is 56.4 Å². The van der Waals surface area contributed by atoms with Gasteiger partial charge in [-0.2, -0.15) is 0 Å². The van der Waals surface area contributed by atoms with E-state index < -0.39 is 0 Å². The number of anilines is 1. The van der Waals surface area contributed by atoms with Gasteiger partial charge in [0.25, 0.3) is 0 Å². The molecule has 2 aromatic heterocycles. The highest BCUT2D eigenvalue weighted by molar-refractivity contribution is 5.78. The standard InChI is InChI=1S/C22H28N6O/c23-18(29)12-25-21-17-7-9-22(19(17)26-20(27-21)15-5-6-15)8-3-11-28(14-22)13-16-4-1-2-10-24-16/h1-2,4,10,15H,3,5-9,11-14H2,(H2,23,29)(H,25,26,27). The zero-order valence-corrected chi connectivity index (χ0v) is 16.7. The second-order valence-corrected chi connectivity index (χ2v) is 8.77. The predicted molar refractivity (Wildman–Crippen MR) is 110 cm³/mol. The van der Waals surface area contributed by atoms with Crippen molar-refractivity contribution in [1.29, 1.82) is 0 Å². The number of rotatable bonds is 6. The lowest BCUT2D eigenvalue weighted by Gasteiger charge is -2.40. The summed E-state index contributed by atoms with van der Waals surface area (Å²) in [4.78, 5) is 28.3. The summed E-state index contributed by atoms with van der Waals surface area (Å²) in [6.07, 6.45) is 8.56. The molecule has 1 saturated heterocycles. The average molecular weight is 393 g/mol. The minimum atomic E-state index is -0.364. The highest BCUT2D eigenvalue weighted by Gasteiger charge is 2.45. The highest BCUT2D eigenvalue weighted by Crippen LogP contribution is 2.48. The molecule has 29 heavy (non-hydrogen) atoms. The van der Waals surface area contributed by atoms with Crippen LogP contribution in [0, 0.1) is 0 Å². The van der Waals surface area contributed by atoms with Crippen LogP contribution in [0.4, 0.5) is 5.82 Å². The number of nitrogens with one attached hydrogen (secondary N) is 1. The molecular formula is C22H28N6O. The molecule has 2 fully saturated rings. The molecule has 3 aliphatic rings. The maximum absolute atomic E-state index is 11.3. The summed E-state index contributed by atoms with van der Waals surface area (Å²) in [7, 11) is 0. The van der Waals surface area contributed by atoms with Crippen molar-refractivity contribution in [1.82, 2.24) is 19.9 Å². The van der Waals surface area contributed by atoms with Crippen LogP contribution in [0.3, 0.4) is 0 Å². The molecule has 1 amide bonds. The maximum Gasteiger partial charge on any atom is 0.236 e. The van der Waals surface area contributed by atoms with Gasteiger partial charge < -0.3 is 11.1 Å². The van der Waals surface area contributed by atoms with E-state index in [1.165, 1.54) is 17.7 Å². The summed E-state index contributed by atoms with van der Waals surface area (Å²) in [6.45, 7) is 3.10. The molecule has 152 valence electrons. The van der Waals surface area contributed by atoms with Gasteiger partial charge >= 0.3 is 0 Å². The minimum absolute atomic E-state index is 0.0814. The first kappa shape index (κ1) is 18.5. The number of hydrogen-bond acceptors (Lipinski definition) is 6. The van der Waals surface area contributed by atoms with Gasteiger partial charge in [0, 0.05) is 36.2 Å². The van der Waals surface area contributed by atoms with E-state index in [1.807, 2.05) is 12.3 Å². The Morgan fingerprint density at radius 3 is 2.93 bits per heavy atom. The first-order valence-electron chi connectivity index (χ1n) is 10.7. The van der Waals surface area contributed by atoms with E-state index in [0.29, 0.717) is 5.92 Å². The molecule has 2 aromatic rings. The topological polar surface area (TPSA) is 97.0 Å². The van der Waals surface area contributed by atoms with Crippen molar-refractivity contribution in [3.05, 3.63) is 47.2 Å². The molecule has 0 bridgehead atoms. The lowest BCUT2D eigenvalue weighted by atomic mass is 9.77. The molecule has 3 N–H and O–H groups in total. The SMILES string of the molecule is NC(=O)CNc1nc(C2CC2)nc2c1CCC21CCCN(Cc2ccccn2)C1. The molecular weight excluding hydrogens is 364 g/mol. The van der Waals surface area contributed by atoms with E-state index in [4.69, 9.17) is 15.7 Å². The number of primary amides is 1. The Hall–Kier alpha value is -2.54. The predicted octanol–water partition coefficient (Wildman–Crippen LogP) is 2.13. The van der Waals surface area contributed by atoms with Crippen molar-refractivity contribution in [2.75, 3.05) is 25.0 Å². The zero-order chi connectivity index (χ0) is 19.8. The first-order valence-corrected chi connectivity index (χ1v) is 10.7. The quantitative estimate of drug-likeness (QED) is 0.782. The Morgan fingerprint density at radius 1 is 1.28 bits per heavy atom. The molecule has 2 aliphatic carbocycles. The lowest BCUT2D eigenvalue weighted by molar-refractivity contribution is -0.116. The van der Waals surface area contributed by atoms with E-state index in [1.54, 1.807) is 0 Å². The Morgan fingerprint density at radius 2 is 2.17 bits per heavy atom. The molecule has 1 saturated carbocycles. The van der Waals surface area contributed by atoms with Crippen LogP contribution < -0.4 is 11.1 Å². The second kappa shape index (κ2) is 7.37. The van der Waals surface area contributed by atoms with Crippen LogP contribution in [0.25, 0.3) is 0 Å². The number of pyridine rings is 1. The van der Waals surface area contributed by atoms with Crippen LogP contribution in [0.1, 0.15) is 60.8 Å². The van der Waals surface area contributed by atoms with E-state index in [-0.39, 0.29) is 17.9 Å². The number of likely N-dealkylation sites (tertiary alicyclic amines) is 1. The van der Waals surface area contributed by atoms with Gasteiger partial charge in [0.2, 0.25) is 5.91 Å².